The van der Waals surface area contributed by atoms with Gasteiger partial charge in [-0.3, -0.25) is 0 Å². The number of sulfone groups is 1. The molecule has 0 amide bonds. The van der Waals surface area contributed by atoms with E-state index in [0.717, 1.165) is 0 Å². The first-order valence-corrected chi connectivity index (χ1v) is 5.01. The fourth-order valence-corrected chi connectivity index (χ4v) is 1.71. The molecule has 0 rings (SSSR count). The lowest BCUT2D eigenvalue weighted by Gasteiger charge is -1.98. The van der Waals surface area contributed by atoms with Crippen LogP contribution in [0.4, 0.5) is 0 Å². The lowest BCUT2D eigenvalue weighted by Crippen LogP contribution is -2.16. The molecule has 0 heterocycles. The SMILES string of the molecule is CCS(=O)(=O)CC(Cl)C#N. The number of hydrogen-bond acceptors (Lipinski definition) is 3. The second-order valence-corrected chi connectivity index (χ2v) is 4.72. The molecule has 0 aliphatic rings. The summed E-state index contributed by atoms with van der Waals surface area (Å²) in [4.78, 5) is 0. The average molecular weight is 182 g/mol. The second kappa shape index (κ2) is 3.79. The van der Waals surface area contributed by atoms with Crippen LogP contribution < -0.4 is 0 Å². The van der Waals surface area contributed by atoms with Gasteiger partial charge in [-0.15, -0.1) is 11.6 Å². The Morgan fingerprint density at radius 3 is 2.50 bits per heavy atom. The predicted octanol–water partition coefficient (Wildman–Crippen LogP) is 0.552. The van der Waals surface area contributed by atoms with Gasteiger partial charge in [0.2, 0.25) is 0 Å². The highest BCUT2D eigenvalue weighted by atomic mass is 35.5. The molecular weight excluding hydrogens is 174 g/mol. The van der Waals surface area contributed by atoms with Crippen LogP contribution in [0.5, 0.6) is 0 Å². The van der Waals surface area contributed by atoms with Crippen molar-refractivity contribution < 1.29 is 8.42 Å². The van der Waals surface area contributed by atoms with Crippen LogP contribution in [0.25, 0.3) is 0 Å². The molecule has 0 aliphatic heterocycles. The smallest absolute Gasteiger partial charge is 0.152 e. The molecule has 58 valence electrons. The fourth-order valence-electron chi connectivity index (χ4n) is 0.378. The molecule has 0 aromatic rings. The average Bonchev–Trinajstić information content (AvgIpc) is 1.87. The number of nitrogens with zero attached hydrogens (tertiary/aromatic N) is 1. The first kappa shape index (κ1) is 9.73. The van der Waals surface area contributed by atoms with Gasteiger partial charge in [-0.1, -0.05) is 6.92 Å². The zero-order valence-corrected chi connectivity index (χ0v) is 7.11. The summed E-state index contributed by atoms with van der Waals surface area (Å²) in [6.07, 6.45) is 0. The van der Waals surface area contributed by atoms with Gasteiger partial charge in [0.05, 0.1) is 11.8 Å². The van der Waals surface area contributed by atoms with Gasteiger partial charge in [0.1, 0.15) is 5.38 Å². The predicted molar refractivity (Wildman–Crippen MR) is 39.6 cm³/mol. The highest BCUT2D eigenvalue weighted by Gasteiger charge is 2.13. The number of alkyl halides is 1. The molecule has 0 N–H and O–H groups in total. The van der Waals surface area contributed by atoms with Crippen LogP contribution in [0.2, 0.25) is 0 Å². The molecule has 0 aromatic carbocycles. The summed E-state index contributed by atoms with van der Waals surface area (Å²) in [6.45, 7) is 1.52. The van der Waals surface area contributed by atoms with E-state index in [0.29, 0.717) is 0 Å². The molecule has 0 saturated heterocycles. The van der Waals surface area contributed by atoms with Gasteiger partial charge < -0.3 is 0 Å². The first-order valence-electron chi connectivity index (χ1n) is 2.76. The minimum absolute atomic E-state index is 0.0396. The van der Waals surface area contributed by atoms with Gasteiger partial charge in [0.15, 0.2) is 9.84 Å². The summed E-state index contributed by atoms with van der Waals surface area (Å²) in [6, 6.07) is 1.64. The second-order valence-electron chi connectivity index (χ2n) is 1.80. The van der Waals surface area contributed by atoms with Crippen molar-refractivity contribution in [3.63, 3.8) is 0 Å². The van der Waals surface area contributed by atoms with Crippen LogP contribution in [0, 0.1) is 11.3 Å². The third kappa shape index (κ3) is 3.70. The van der Waals surface area contributed by atoms with Crippen molar-refractivity contribution in [1.29, 1.82) is 5.26 Å². The topological polar surface area (TPSA) is 57.9 Å². The molecule has 0 aromatic heterocycles. The Bertz CT molecular complexity index is 229. The third-order valence-electron chi connectivity index (χ3n) is 0.980. The van der Waals surface area contributed by atoms with E-state index in [-0.39, 0.29) is 11.5 Å². The monoisotopic (exact) mass is 181 g/mol. The summed E-state index contributed by atoms with van der Waals surface area (Å²) in [5.41, 5.74) is 0. The maximum absolute atomic E-state index is 10.7. The van der Waals surface area contributed by atoms with Gasteiger partial charge in [-0.25, -0.2) is 8.42 Å². The van der Waals surface area contributed by atoms with Crippen LogP contribution in [0.1, 0.15) is 6.92 Å². The highest BCUT2D eigenvalue weighted by Crippen LogP contribution is 1.99. The van der Waals surface area contributed by atoms with Gasteiger partial charge in [0.25, 0.3) is 0 Å². The van der Waals surface area contributed by atoms with E-state index in [1.807, 2.05) is 0 Å². The molecule has 10 heavy (non-hydrogen) atoms. The Morgan fingerprint density at radius 1 is 1.70 bits per heavy atom. The van der Waals surface area contributed by atoms with E-state index in [1.165, 1.54) is 6.92 Å². The Hall–Kier alpha value is -0.270. The van der Waals surface area contributed by atoms with Crippen molar-refractivity contribution in [2.45, 2.75) is 12.3 Å². The van der Waals surface area contributed by atoms with Crippen molar-refractivity contribution in [2.24, 2.45) is 0 Å². The Balaban J connectivity index is 4.06. The summed E-state index contributed by atoms with van der Waals surface area (Å²) >= 11 is 5.29. The lowest BCUT2D eigenvalue weighted by molar-refractivity contribution is 0.597. The molecular formula is C5H8ClNO2S. The lowest BCUT2D eigenvalue weighted by atomic mass is 10.5. The third-order valence-corrected chi connectivity index (χ3v) is 3.14. The van der Waals surface area contributed by atoms with Crippen LogP contribution >= 0.6 is 11.6 Å². The van der Waals surface area contributed by atoms with Gasteiger partial charge in [-0.2, -0.15) is 5.26 Å². The zero-order chi connectivity index (χ0) is 8.20. The van der Waals surface area contributed by atoms with Crippen LogP contribution in [-0.4, -0.2) is 25.3 Å². The van der Waals surface area contributed by atoms with E-state index in [1.54, 1.807) is 6.07 Å². The van der Waals surface area contributed by atoms with Crippen molar-refractivity contribution >= 4 is 21.4 Å². The zero-order valence-electron chi connectivity index (χ0n) is 5.54. The first-order chi connectivity index (χ1) is 4.52. The molecule has 0 aliphatic carbocycles. The van der Waals surface area contributed by atoms with E-state index < -0.39 is 15.2 Å². The maximum Gasteiger partial charge on any atom is 0.152 e. The largest absolute Gasteiger partial charge is 0.229 e. The summed E-state index contributed by atoms with van der Waals surface area (Å²) in [5.74, 6) is -0.209. The van der Waals surface area contributed by atoms with Gasteiger partial charge in [-0.05, 0) is 0 Å². The van der Waals surface area contributed by atoms with Crippen LogP contribution in [0.15, 0.2) is 0 Å². The highest BCUT2D eigenvalue weighted by molar-refractivity contribution is 7.91. The summed E-state index contributed by atoms with van der Waals surface area (Å²) < 4.78 is 21.5. The van der Waals surface area contributed by atoms with Gasteiger partial charge in [0, 0.05) is 5.75 Å². The van der Waals surface area contributed by atoms with Crippen molar-refractivity contribution in [1.82, 2.24) is 0 Å². The number of rotatable bonds is 3. The van der Waals surface area contributed by atoms with E-state index in [2.05, 4.69) is 0 Å². The molecule has 0 radical (unpaired) electrons. The molecule has 5 heteroatoms. The van der Waals surface area contributed by atoms with Crippen molar-refractivity contribution in [3.8, 4) is 6.07 Å². The molecule has 0 spiro atoms. The van der Waals surface area contributed by atoms with Crippen LogP contribution in [-0.2, 0) is 9.84 Å². The normalized spacial score (nSPS) is 14.1. The van der Waals surface area contributed by atoms with E-state index >= 15 is 0 Å². The summed E-state index contributed by atoms with van der Waals surface area (Å²) in [7, 11) is -3.09. The molecule has 1 atom stereocenters. The van der Waals surface area contributed by atoms with Crippen LogP contribution in [0.3, 0.4) is 0 Å². The molecule has 1 unspecified atom stereocenters. The van der Waals surface area contributed by atoms with Crippen molar-refractivity contribution in [3.05, 3.63) is 0 Å². The quantitative estimate of drug-likeness (QED) is 0.598. The minimum Gasteiger partial charge on any atom is -0.229 e. The number of hydrogen-bond donors (Lipinski definition) is 0. The van der Waals surface area contributed by atoms with Crippen molar-refractivity contribution in [2.75, 3.05) is 11.5 Å². The minimum atomic E-state index is -3.09. The Kier molecular flexibility index (Phi) is 3.69. The fraction of sp³-hybridized carbons (Fsp3) is 0.800. The maximum atomic E-state index is 10.7. The number of halogens is 1. The Labute approximate surface area is 65.5 Å². The summed E-state index contributed by atoms with van der Waals surface area (Å²) in [5, 5.41) is 7.24. The van der Waals surface area contributed by atoms with E-state index in [9.17, 15) is 8.42 Å². The van der Waals surface area contributed by atoms with Gasteiger partial charge >= 0.3 is 0 Å². The molecule has 0 saturated carbocycles. The Morgan fingerprint density at radius 2 is 2.20 bits per heavy atom. The molecule has 0 bridgehead atoms. The number of nitriles is 1. The molecule has 3 nitrogen and oxygen atoms in total. The molecule has 0 fully saturated rings. The van der Waals surface area contributed by atoms with E-state index in [4.69, 9.17) is 16.9 Å². The standard InChI is InChI=1S/C5H8ClNO2S/c1-2-10(8,9)4-5(6)3-7/h5H,2,4H2,1H3.